The van der Waals surface area contributed by atoms with Crippen molar-refractivity contribution in [3.8, 4) is 12.1 Å². The molecule has 0 aliphatic heterocycles. The molecule has 0 spiro atoms. The number of nitrogens with one attached hydrogen (secondary N) is 2. The van der Waals surface area contributed by atoms with Gasteiger partial charge in [-0.05, 0) is 30.6 Å². The summed E-state index contributed by atoms with van der Waals surface area (Å²) in [7, 11) is 0. The number of thioether (sulfide) groups is 1. The fourth-order valence-electron chi connectivity index (χ4n) is 1.73. The van der Waals surface area contributed by atoms with E-state index < -0.39 is 17.9 Å². The average Bonchev–Trinajstić information content (AvgIpc) is 2.58. The highest BCUT2D eigenvalue weighted by molar-refractivity contribution is 7.98. The van der Waals surface area contributed by atoms with Gasteiger partial charge < -0.3 is 15.7 Å². The fraction of sp³-hybridized carbons (Fsp3) is 0.250. The normalized spacial score (nSPS) is 11.7. The molecule has 1 rings (SSSR count). The van der Waals surface area contributed by atoms with Crippen LogP contribution in [0.1, 0.15) is 12.0 Å². The molecule has 0 saturated heterocycles. The van der Waals surface area contributed by atoms with E-state index in [1.54, 1.807) is 18.2 Å². The lowest BCUT2D eigenvalue weighted by molar-refractivity contribution is -0.139. The van der Waals surface area contributed by atoms with Crippen molar-refractivity contribution in [1.82, 2.24) is 5.32 Å². The minimum atomic E-state index is -1.06. The molecular formula is C16H16N4O3S. The quantitative estimate of drug-likeness (QED) is 0.484. The molecule has 7 nitrogen and oxygen atoms in total. The van der Waals surface area contributed by atoms with E-state index in [2.05, 4.69) is 10.6 Å². The summed E-state index contributed by atoms with van der Waals surface area (Å²) in [5, 5.41) is 32.2. The monoisotopic (exact) mass is 344 g/mol. The third-order valence-corrected chi connectivity index (χ3v) is 3.64. The van der Waals surface area contributed by atoms with Gasteiger partial charge in [-0.1, -0.05) is 12.1 Å². The van der Waals surface area contributed by atoms with Crippen LogP contribution in [0.3, 0.4) is 0 Å². The summed E-state index contributed by atoms with van der Waals surface area (Å²) < 4.78 is 0. The summed E-state index contributed by atoms with van der Waals surface area (Å²) >= 11 is 1.50. The Bertz CT molecular complexity index is 719. The van der Waals surface area contributed by atoms with Gasteiger partial charge in [0.2, 0.25) is 0 Å². The van der Waals surface area contributed by atoms with Gasteiger partial charge >= 0.3 is 5.97 Å². The van der Waals surface area contributed by atoms with E-state index in [1.807, 2.05) is 12.3 Å². The predicted octanol–water partition coefficient (Wildman–Crippen LogP) is 1.70. The molecule has 0 aliphatic rings. The topological polar surface area (TPSA) is 126 Å². The fourth-order valence-corrected chi connectivity index (χ4v) is 2.20. The Kier molecular flexibility index (Phi) is 7.89. The standard InChI is InChI=1S/C16H16N4O3S/c1-24-7-6-14(16(22)23)19-10-12(9-18)15(21)20-13-5-3-2-4-11(13)8-17/h2-5,10,14,19H,6-7H2,1H3,(H,20,21)(H,22,23)/b12-10-. The first kappa shape index (κ1) is 19.1. The van der Waals surface area contributed by atoms with Gasteiger partial charge in [0.15, 0.2) is 0 Å². The van der Waals surface area contributed by atoms with E-state index in [1.165, 1.54) is 23.9 Å². The Morgan fingerprint density at radius 2 is 2.08 bits per heavy atom. The molecule has 1 aromatic carbocycles. The molecule has 0 aromatic heterocycles. The molecule has 0 fully saturated rings. The molecule has 3 N–H and O–H groups in total. The van der Waals surface area contributed by atoms with Crippen LogP contribution < -0.4 is 10.6 Å². The number of carboxylic acids is 1. The molecular weight excluding hydrogens is 328 g/mol. The molecule has 0 heterocycles. The van der Waals surface area contributed by atoms with Crippen molar-refractivity contribution in [2.24, 2.45) is 0 Å². The molecule has 124 valence electrons. The van der Waals surface area contributed by atoms with Gasteiger partial charge in [-0.2, -0.15) is 22.3 Å². The Hall–Kier alpha value is -2.97. The number of nitrogens with zero attached hydrogens (tertiary/aromatic N) is 2. The Labute approximate surface area is 144 Å². The molecule has 1 amide bonds. The number of hydrogen-bond donors (Lipinski definition) is 3. The van der Waals surface area contributed by atoms with Crippen molar-refractivity contribution in [3.63, 3.8) is 0 Å². The highest BCUT2D eigenvalue weighted by Gasteiger charge is 2.17. The van der Waals surface area contributed by atoms with E-state index in [0.29, 0.717) is 12.2 Å². The van der Waals surface area contributed by atoms with E-state index >= 15 is 0 Å². The molecule has 1 unspecified atom stereocenters. The van der Waals surface area contributed by atoms with Gasteiger partial charge in [-0.25, -0.2) is 4.79 Å². The van der Waals surface area contributed by atoms with E-state index in [-0.39, 0.29) is 16.8 Å². The smallest absolute Gasteiger partial charge is 0.326 e. The Morgan fingerprint density at radius 1 is 1.38 bits per heavy atom. The summed E-state index contributed by atoms with van der Waals surface area (Å²) in [6.45, 7) is 0. The highest BCUT2D eigenvalue weighted by Crippen LogP contribution is 2.14. The number of benzene rings is 1. The molecule has 0 aliphatic carbocycles. The van der Waals surface area contributed by atoms with E-state index in [0.717, 1.165) is 6.20 Å². The minimum Gasteiger partial charge on any atom is -0.480 e. The number of carboxylic acid groups (broad SMARTS) is 1. The van der Waals surface area contributed by atoms with Crippen LogP contribution in [0.4, 0.5) is 5.69 Å². The van der Waals surface area contributed by atoms with Gasteiger partial charge in [0, 0.05) is 6.20 Å². The third-order valence-electron chi connectivity index (χ3n) is 3.00. The van der Waals surface area contributed by atoms with E-state index in [9.17, 15) is 9.59 Å². The lowest BCUT2D eigenvalue weighted by atomic mass is 10.2. The number of hydrogen-bond acceptors (Lipinski definition) is 6. The second-order valence-electron chi connectivity index (χ2n) is 4.62. The van der Waals surface area contributed by atoms with E-state index in [4.69, 9.17) is 15.6 Å². The Balaban J connectivity index is 2.84. The van der Waals surface area contributed by atoms with Gasteiger partial charge in [-0.3, -0.25) is 4.79 Å². The van der Waals surface area contributed by atoms with Crippen molar-refractivity contribution >= 4 is 29.3 Å². The number of nitriles is 2. The second kappa shape index (κ2) is 9.93. The number of amides is 1. The number of rotatable bonds is 8. The van der Waals surface area contributed by atoms with Gasteiger partial charge in [-0.15, -0.1) is 0 Å². The maximum Gasteiger partial charge on any atom is 0.326 e. The number of carbonyl (C=O) groups is 2. The summed E-state index contributed by atoms with van der Waals surface area (Å²) in [5.74, 6) is -1.16. The van der Waals surface area contributed by atoms with Crippen molar-refractivity contribution in [3.05, 3.63) is 41.6 Å². The number of para-hydroxylation sites is 1. The molecule has 0 radical (unpaired) electrons. The summed E-state index contributed by atoms with van der Waals surface area (Å²) in [6.07, 6.45) is 3.30. The van der Waals surface area contributed by atoms with Crippen molar-refractivity contribution in [1.29, 1.82) is 10.5 Å². The molecule has 8 heteroatoms. The molecule has 24 heavy (non-hydrogen) atoms. The first-order valence-corrected chi connectivity index (χ1v) is 8.31. The zero-order valence-corrected chi connectivity index (χ0v) is 13.8. The summed E-state index contributed by atoms with van der Waals surface area (Å²) in [5.41, 5.74) is 0.265. The number of anilines is 1. The van der Waals surface area contributed by atoms with Crippen LogP contribution in [0.2, 0.25) is 0 Å². The molecule has 1 aromatic rings. The van der Waals surface area contributed by atoms with Crippen LogP contribution in [0, 0.1) is 22.7 Å². The first-order chi connectivity index (χ1) is 11.5. The SMILES string of the molecule is CSCCC(N/C=C(/C#N)C(=O)Nc1ccccc1C#N)C(=O)O. The van der Waals surface area contributed by atoms with Crippen molar-refractivity contribution in [2.45, 2.75) is 12.5 Å². The van der Waals surface area contributed by atoms with Crippen LogP contribution in [0.15, 0.2) is 36.0 Å². The summed E-state index contributed by atoms with van der Waals surface area (Å²) in [6, 6.07) is 9.13. The van der Waals surface area contributed by atoms with Gasteiger partial charge in [0.25, 0.3) is 5.91 Å². The van der Waals surface area contributed by atoms with Crippen LogP contribution in [0.25, 0.3) is 0 Å². The zero-order chi connectivity index (χ0) is 17.9. The zero-order valence-electron chi connectivity index (χ0n) is 12.9. The van der Waals surface area contributed by atoms with Crippen LogP contribution in [-0.4, -0.2) is 35.0 Å². The maximum absolute atomic E-state index is 12.1. The minimum absolute atomic E-state index is 0.263. The predicted molar refractivity (Wildman–Crippen MR) is 91.0 cm³/mol. The number of carbonyl (C=O) groups excluding carboxylic acids is 1. The van der Waals surface area contributed by atoms with Crippen molar-refractivity contribution in [2.75, 3.05) is 17.3 Å². The first-order valence-electron chi connectivity index (χ1n) is 6.92. The second-order valence-corrected chi connectivity index (χ2v) is 5.61. The lowest BCUT2D eigenvalue weighted by Crippen LogP contribution is -2.34. The lowest BCUT2D eigenvalue weighted by Gasteiger charge is -2.12. The van der Waals surface area contributed by atoms with Crippen LogP contribution in [-0.2, 0) is 9.59 Å². The van der Waals surface area contributed by atoms with Crippen molar-refractivity contribution < 1.29 is 14.7 Å². The number of aliphatic carboxylic acids is 1. The summed E-state index contributed by atoms with van der Waals surface area (Å²) in [4.78, 5) is 23.2. The maximum atomic E-state index is 12.1. The van der Waals surface area contributed by atoms with Crippen LogP contribution >= 0.6 is 11.8 Å². The van der Waals surface area contributed by atoms with Gasteiger partial charge in [0.05, 0.1) is 11.3 Å². The molecule has 0 saturated carbocycles. The molecule has 0 bridgehead atoms. The van der Waals surface area contributed by atoms with Gasteiger partial charge in [0.1, 0.15) is 23.8 Å². The average molecular weight is 344 g/mol. The Morgan fingerprint density at radius 3 is 2.67 bits per heavy atom. The van der Waals surface area contributed by atoms with Crippen LogP contribution in [0.5, 0.6) is 0 Å². The highest BCUT2D eigenvalue weighted by atomic mass is 32.2. The largest absolute Gasteiger partial charge is 0.480 e. The third kappa shape index (κ3) is 5.67. The molecule has 1 atom stereocenters.